The predicted octanol–water partition coefficient (Wildman–Crippen LogP) is 1.46. The van der Waals surface area contributed by atoms with Gasteiger partial charge in [-0.05, 0) is 31.5 Å². The number of aromatic nitrogens is 3. The molecule has 2 aromatic rings. The van der Waals surface area contributed by atoms with Crippen LogP contribution in [0.25, 0.3) is 0 Å². The second-order valence-electron chi connectivity index (χ2n) is 6.92. The minimum atomic E-state index is -4.78. The Morgan fingerprint density at radius 1 is 1.28 bits per heavy atom. The van der Waals surface area contributed by atoms with Crippen molar-refractivity contribution in [2.75, 3.05) is 37.5 Å². The molecule has 0 aliphatic carbocycles. The van der Waals surface area contributed by atoms with Gasteiger partial charge in [0.25, 0.3) is 5.82 Å². The number of morpholine rings is 1. The lowest BCUT2D eigenvalue weighted by Crippen LogP contribution is -2.40. The van der Waals surface area contributed by atoms with E-state index in [2.05, 4.69) is 15.5 Å². The minimum Gasteiger partial charge on any atom is -0.379 e. The zero-order valence-electron chi connectivity index (χ0n) is 17.1. The summed E-state index contributed by atoms with van der Waals surface area (Å²) in [6, 6.07) is 4.45. The average Bonchev–Trinajstić information content (AvgIpc) is 3.10. The van der Waals surface area contributed by atoms with E-state index in [4.69, 9.17) is 10.6 Å². The monoisotopic (exact) mass is 494 g/mol. The Balaban J connectivity index is 1.74. The van der Waals surface area contributed by atoms with Crippen molar-refractivity contribution >= 4 is 33.4 Å². The summed E-state index contributed by atoms with van der Waals surface area (Å²) in [6.45, 7) is 4.14. The van der Waals surface area contributed by atoms with E-state index in [-0.39, 0.29) is 33.5 Å². The number of benzene rings is 1. The Labute approximate surface area is 186 Å². The highest BCUT2D eigenvalue weighted by atomic mass is 32.2. The molecule has 15 heteroatoms. The Hall–Kier alpha value is -2.36. The number of nitrogen functional groups attached to an aromatic ring is 1. The van der Waals surface area contributed by atoms with Crippen LogP contribution in [0.3, 0.4) is 0 Å². The van der Waals surface area contributed by atoms with Gasteiger partial charge >= 0.3 is 6.18 Å². The van der Waals surface area contributed by atoms with Gasteiger partial charge in [-0.2, -0.15) is 17.5 Å². The average molecular weight is 495 g/mol. The van der Waals surface area contributed by atoms with Crippen molar-refractivity contribution in [3.63, 3.8) is 0 Å². The van der Waals surface area contributed by atoms with Crippen molar-refractivity contribution in [2.45, 2.75) is 35.3 Å². The highest BCUT2D eigenvalue weighted by Gasteiger charge is 2.38. The molecule has 10 nitrogen and oxygen atoms in total. The Bertz CT molecular complexity index is 1100. The standard InChI is InChI=1S/C17H21F3N6O4S2/c1-10-3-4-12(9-13(10)32(28,29)25-5-7-30-8-6-25)22-14(27)11(2)31-16-24-23-15(26(16)21)17(18,19)20/h3-4,9,11H,5-8,21H2,1-2H3,(H,22,27). The number of thioether (sulfide) groups is 1. The molecule has 3 N–H and O–H groups in total. The number of alkyl halides is 3. The number of carbonyl (C=O) groups is 1. The molecule has 1 aromatic carbocycles. The first-order valence-electron chi connectivity index (χ1n) is 9.35. The van der Waals surface area contributed by atoms with Crippen LogP contribution in [-0.2, 0) is 25.7 Å². The molecule has 0 spiro atoms. The fourth-order valence-electron chi connectivity index (χ4n) is 2.89. The molecule has 1 aromatic heterocycles. The lowest BCUT2D eigenvalue weighted by Gasteiger charge is -2.27. The van der Waals surface area contributed by atoms with Gasteiger partial charge in [0.05, 0.1) is 23.4 Å². The molecule has 1 fully saturated rings. The van der Waals surface area contributed by atoms with Crippen LogP contribution >= 0.6 is 11.8 Å². The fourth-order valence-corrected chi connectivity index (χ4v) is 5.32. The van der Waals surface area contributed by atoms with E-state index in [0.29, 0.717) is 30.5 Å². The van der Waals surface area contributed by atoms with E-state index in [1.54, 1.807) is 13.0 Å². The molecule has 0 radical (unpaired) electrons. The molecule has 1 atom stereocenters. The van der Waals surface area contributed by atoms with Crippen LogP contribution in [0, 0.1) is 6.92 Å². The van der Waals surface area contributed by atoms with Crippen molar-refractivity contribution in [2.24, 2.45) is 0 Å². The molecule has 176 valence electrons. The molecule has 1 aliphatic heterocycles. The summed E-state index contributed by atoms with van der Waals surface area (Å²) < 4.78 is 71.1. The van der Waals surface area contributed by atoms with Crippen LogP contribution < -0.4 is 11.2 Å². The third kappa shape index (κ3) is 5.16. The SMILES string of the molecule is Cc1ccc(NC(=O)C(C)Sc2nnc(C(F)(F)F)n2N)cc1S(=O)(=O)N1CCOCC1. The maximum atomic E-state index is 13.0. The van der Waals surface area contributed by atoms with E-state index in [0.717, 1.165) is 0 Å². The number of anilines is 1. The molecular weight excluding hydrogens is 473 g/mol. The quantitative estimate of drug-likeness (QED) is 0.456. The normalized spacial score (nSPS) is 16.7. The van der Waals surface area contributed by atoms with Crippen molar-refractivity contribution in [1.29, 1.82) is 0 Å². The topological polar surface area (TPSA) is 132 Å². The Kier molecular flexibility index (Phi) is 7.02. The molecular formula is C17H21F3N6O4S2. The maximum absolute atomic E-state index is 13.0. The summed E-state index contributed by atoms with van der Waals surface area (Å²) >= 11 is 0.682. The number of hydrogen-bond donors (Lipinski definition) is 2. The van der Waals surface area contributed by atoms with Crippen LogP contribution in [0.15, 0.2) is 28.3 Å². The van der Waals surface area contributed by atoms with E-state index < -0.39 is 33.2 Å². The molecule has 1 aliphatic rings. The lowest BCUT2D eigenvalue weighted by molar-refractivity contribution is -0.146. The summed E-state index contributed by atoms with van der Waals surface area (Å²) in [7, 11) is -3.78. The second kappa shape index (κ2) is 9.25. The first-order valence-corrected chi connectivity index (χ1v) is 11.7. The molecule has 0 saturated carbocycles. The number of nitrogens with two attached hydrogens (primary N) is 1. The van der Waals surface area contributed by atoms with Gasteiger partial charge in [0.15, 0.2) is 0 Å². The third-order valence-electron chi connectivity index (χ3n) is 4.61. The van der Waals surface area contributed by atoms with Gasteiger partial charge in [0, 0.05) is 18.8 Å². The molecule has 32 heavy (non-hydrogen) atoms. The number of aryl methyl sites for hydroxylation is 1. The summed E-state index contributed by atoms with van der Waals surface area (Å²) in [4.78, 5) is 12.6. The van der Waals surface area contributed by atoms with Gasteiger partial charge in [-0.1, -0.05) is 17.8 Å². The molecule has 3 rings (SSSR count). The van der Waals surface area contributed by atoms with E-state index in [9.17, 15) is 26.4 Å². The summed E-state index contributed by atoms with van der Waals surface area (Å²) in [5.41, 5.74) is 0.734. The van der Waals surface area contributed by atoms with Gasteiger partial charge in [0.1, 0.15) is 0 Å². The van der Waals surface area contributed by atoms with E-state index >= 15 is 0 Å². The highest BCUT2D eigenvalue weighted by molar-refractivity contribution is 8.00. The maximum Gasteiger partial charge on any atom is 0.453 e. The summed E-state index contributed by atoms with van der Waals surface area (Å²) in [5, 5.41) is 7.76. The Morgan fingerprint density at radius 2 is 1.94 bits per heavy atom. The van der Waals surface area contributed by atoms with Crippen molar-refractivity contribution in [1.82, 2.24) is 19.2 Å². The zero-order valence-corrected chi connectivity index (χ0v) is 18.7. The number of halogens is 3. The number of hydrogen-bond acceptors (Lipinski definition) is 8. The molecule has 0 bridgehead atoms. The fraction of sp³-hybridized carbons (Fsp3) is 0.471. The largest absolute Gasteiger partial charge is 0.453 e. The highest BCUT2D eigenvalue weighted by Crippen LogP contribution is 2.30. The summed E-state index contributed by atoms with van der Waals surface area (Å²) in [6.07, 6.45) is -4.78. The summed E-state index contributed by atoms with van der Waals surface area (Å²) in [5.74, 6) is 3.42. The van der Waals surface area contributed by atoms with Crippen molar-refractivity contribution in [3.8, 4) is 0 Å². The van der Waals surface area contributed by atoms with Crippen LogP contribution in [0.2, 0.25) is 0 Å². The van der Waals surface area contributed by atoms with Gasteiger partial charge in [-0.15, -0.1) is 10.2 Å². The van der Waals surface area contributed by atoms with Gasteiger partial charge in [0.2, 0.25) is 21.1 Å². The van der Waals surface area contributed by atoms with E-state index in [1.165, 1.54) is 23.4 Å². The lowest BCUT2D eigenvalue weighted by atomic mass is 10.2. The number of rotatable bonds is 6. The van der Waals surface area contributed by atoms with Gasteiger partial charge < -0.3 is 15.9 Å². The van der Waals surface area contributed by atoms with Crippen LogP contribution in [0.4, 0.5) is 18.9 Å². The molecule has 1 unspecified atom stereocenters. The molecule has 2 heterocycles. The Morgan fingerprint density at radius 3 is 2.53 bits per heavy atom. The van der Waals surface area contributed by atoms with Gasteiger partial charge in [-0.25, -0.2) is 13.1 Å². The van der Waals surface area contributed by atoms with Crippen LogP contribution in [-0.4, -0.2) is 65.1 Å². The van der Waals surface area contributed by atoms with Crippen LogP contribution in [0.1, 0.15) is 18.3 Å². The number of amides is 1. The van der Waals surface area contributed by atoms with Crippen LogP contribution in [0.5, 0.6) is 0 Å². The molecule has 1 amide bonds. The van der Waals surface area contributed by atoms with E-state index in [1.807, 2.05) is 0 Å². The zero-order chi connectivity index (χ0) is 23.7. The second-order valence-corrected chi connectivity index (χ2v) is 10.1. The smallest absolute Gasteiger partial charge is 0.379 e. The number of nitrogens with zero attached hydrogens (tertiary/aromatic N) is 4. The number of ether oxygens (including phenoxy) is 1. The first kappa shape index (κ1) is 24.3. The third-order valence-corrected chi connectivity index (χ3v) is 7.71. The first-order chi connectivity index (χ1) is 14.9. The number of sulfonamides is 1. The molecule has 1 saturated heterocycles. The number of nitrogens with one attached hydrogen (secondary N) is 1. The number of carbonyl (C=O) groups excluding carboxylic acids is 1. The van der Waals surface area contributed by atoms with Gasteiger partial charge in [-0.3, -0.25) is 4.79 Å². The predicted molar refractivity (Wildman–Crippen MR) is 110 cm³/mol. The minimum absolute atomic E-state index is 0.0500. The van der Waals surface area contributed by atoms with Crippen molar-refractivity contribution in [3.05, 3.63) is 29.6 Å². The van der Waals surface area contributed by atoms with Crippen molar-refractivity contribution < 1.29 is 31.1 Å².